The first-order chi connectivity index (χ1) is 11.1. The minimum Gasteiger partial charge on any atom is -0.497 e. The van der Waals surface area contributed by atoms with Crippen LogP contribution >= 0.6 is 15.9 Å². The Morgan fingerprint density at radius 1 is 1.21 bits per heavy atom. The van der Waals surface area contributed by atoms with E-state index in [4.69, 9.17) is 18.8 Å². The molecule has 132 valence electrons. The maximum absolute atomic E-state index is 12.0. The second-order valence-electron chi connectivity index (χ2n) is 6.90. The number of methoxy groups -OCH3 is 2. The van der Waals surface area contributed by atoms with Crippen LogP contribution in [0.5, 0.6) is 5.75 Å². The first-order valence-electron chi connectivity index (χ1n) is 7.87. The maximum Gasteiger partial charge on any atom is 0.466 e. The van der Waals surface area contributed by atoms with E-state index in [0.29, 0.717) is 5.75 Å². The van der Waals surface area contributed by atoms with Crippen molar-refractivity contribution in [3.05, 3.63) is 28.2 Å². The van der Waals surface area contributed by atoms with Gasteiger partial charge >= 0.3 is 13.1 Å². The largest absolute Gasteiger partial charge is 0.497 e. The van der Waals surface area contributed by atoms with Crippen LogP contribution in [-0.2, 0) is 18.8 Å². The van der Waals surface area contributed by atoms with E-state index in [1.54, 1.807) is 7.11 Å². The van der Waals surface area contributed by atoms with Gasteiger partial charge in [-0.25, -0.2) is 0 Å². The van der Waals surface area contributed by atoms with Crippen LogP contribution in [-0.4, -0.2) is 38.5 Å². The molecule has 24 heavy (non-hydrogen) atoms. The number of carbonyl (C=O) groups is 1. The van der Waals surface area contributed by atoms with Gasteiger partial charge in [0.25, 0.3) is 0 Å². The molecular weight excluding hydrogens is 375 g/mol. The average molecular weight is 399 g/mol. The molecule has 1 aliphatic rings. The molecule has 7 heteroatoms. The summed E-state index contributed by atoms with van der Waals surface area (Å²) in [6.07, 6.45) is 0.152. The third-order valence-electron chi connectivity index (χ3n) is 4.82. The monoisotopic (exact) mass is 398 g/mol. The van der Waals surface area contributed by atoms with Crippen molar-refractivity contribution < 1.29 is 23.6 Å². The number of hydrogen-bond acceptors (Lipinski definition) is 5. The SMILES string of the molecule is COC(=O)CC(B1OC(C)(C)C(C)(C)O1)c1cc(OC)ccc1Br. The van der Waals surface area contributed by atoms with Gasteiger partial charge in [0.05, 0.1) is 31.8 Å². The molecule has 0 saturated carbocycles. The summed E-state index contributed by atoms with van der Waals surface area (Å²) in [6, 6.07) is 5.64. The van der Waals surface area contributed by atoms with Gasteiger partial charge < -0.3 is 18.8 Å². The fraction of sp³-hybridized carbons (Fsp3) is 0.588. The fourth-order valence-electron chi connectivity index (χ4n) is 2.60. The lowest BCUT2D eigenvalue weighted by Gasteiger charge is -2.32. The predicted molar refractivity (Wildman–Crippen MR) is 96.2 cm³/mol. The van der Waals surface area contributed by atoms with Gasteiger partial charge in [-0.1, -0.05) is 15.9 Å². The first kappa shape index (κ1) is 19.3. The smallest absolute Gasteiger partial charge is 0.466 e. The van der Waals surface area contributed by atoms with Crippen molar-refractivity contribution in [2.24, 2.45) is 0 Å². The molecule has 1 heterocycles. The van der Waals surface area contributed by atoms with Gasteiger partial charge in [-0.15, -0.1) is 0 Å². The van der Waals surface area contributed by atoms with E-state index >= 15 is 0 Å². The molecule has 1 unspecified atom stereocenters. The van der Waals surface area contributed by atoms with Crippen LogP contribution in [0.2, 0.25) is 0 Å². The zero-order valence-electron chi connectivity index (χ0n) is 15.0. The second-order valence-corrected chi connectivity index (χ2v) is 7.75. The van der Waals surface area contributed by atoms with Crippen LogP contribution < -0.4 is 4.74 Å². The van der Waals surface area contributed by atoms with Gasteiger partial charge in [0.2, 0.25) is 0 Å². The highest BCUT2D eigenvalue weighted by Gasteiger charge is 2.54. The van der Waals surface area contributed by atoms with E-state index < -0.39 is 18.3 Å². The summed E-state index contributed by atoms with van der Waals surface area (Å²) in [5.74, 6) is 0.0759. The number of ether oxygens (including phenoxy) is 2. The molecule has 2 rings (SSSR count). The average Bonchev–Trinajstić information content (AvgIpc) is 2.73. The first-order valence-corrected chi connectivity index (χ1v) is 8.66. The summed E-state index contributed by atoms with van der Waals surface area (Å²) in [5, 5.41) is 0. The molecule has 1 aromatic rings. The van der Waals surface area contributed by atoms with Gasteiger partial charge in [0.1, 0.15) is 5.75 Å². The van der Waals surface area contributed by atoms with Crippen LogP contribution in [0.3, 0.4) is 0 Å². The van der Waals surface area contributed by atoms with Crippen LogP contribution in [0, 0.1) is 0 Å². The summed E-state index contributed by atoms with van der Waals surface area (Å²) in [6.45, 7) is 7.96. The van der Waals surface area contributed by atoms with Crippen molar-refractivity contribution in [1.29, 1.82) is 0 Å². The molecule has 0 aliphatic carbocycles. The number of benzene rings is 1. The zero-order valence-corrected chi connectivity index (χ0v) is 16.6. The van der Waals surface area contributed by atoms with Crippen LogP contribution in [0.25, 0.3) is 0 Å². The Kier molecular flexibility index (Phi) is 5.67. The summed E-state index contributed by atoms with van der Waals surface area (Å²) >= 11 is 3.56. The lowest BCUT2D eigenvalue weighted by atomic mass is 9.66. The highest BCUT2D eigenvalue weighted by atomic mass is 79.9. The minimum atomic E-state index is -0.558. The van der Waals surface area contributed by atoms with E-state index in [-0.39, 0.29) is 18.2 Å². The minimum absolute atomic E-state index is 0.152. The topological polar surface area (TPSA) is 54.0 Å². The lowest BCUT2D eigenvalue weighted by Crippen LogP contribution is -2.41. The number of hydrogen-bond donors (Lipinski definition) is 0. The quantitative estimate of drug-likeness (QED) is 0.558. The van der Waals surface area contributed by atoms with Crippen LogP contribution in [0.4, 0.5) is 0 Å². The molecule has 0 N–H and O–H groups in total. The number of halogens is 1. The van der Waals surface area contributed by atoms with E-state index in [9.17, 15) is 4.79 Å². The van der Waals surface area contributed by atoms with E-state index in [2.05, 4.69) is 15.9 Å². The van der Waals surface area contributed by atoms with Gasteiger partial charge in [-0.05, 0) is 51.5 Å². The molecule has 1 atom stereocenters. The Labute approximate surface area is 152 Å². The molecule has 0 spiro atoms. The number of esters is 1. The van der Waals surface area contributed by atoms with Crippen molar-refractivity contribution in [3.8, 4) is 5.75 Å². The predicted octanol–water partition coefficient (Wildman–Crippen LogP) is 3.74. The summed E-state index contributed by atoms with van der Waals surface area (Å²) in [4.78, 5) is 12.0. The molecule has 0 radical (unpaired) electrons. The molecule has 1 aliphatic heterocycles. The Bertz CT molecular complexity index is 601. The Hall–Kier alpha value is -1.05. The third kappa shape index (κ3) is 3.78. The van der Waals surface area contributed by atoms with Crippen molar-refractivity contribution in [2.75, 3.05) is 14.2 Å². The molecule has 0 bridgehead atoms. The van der Waals surface area contributed by atoms with E-state index in [1.165, 1.54) is 7.11 Å². The summed E-state index contributed by atoms with van der Waals surface area (Å²) < 4.78 is 23.4. The molecule has 0 aromatic heterocycles. The van der Waals surface area contributed by atoms with Gasteiger partial charge in [0, 0.05) is 10.3 Å². The fourth-order valence-corrected chi connectivity index (χ4v) is 3.14. The normalized spacial score (nSPS) is 19.9. The Morgan fingerprint density at radius 3 is 2.29 bits per heavy atom. The van der Waals surface area contributed by atoms with E-state index in [0.717, 1.165) is 10.0 Å². The zero-order chi connectivity index (χ0) is 18.1. The molecule has 5 nitrogen and oxygen atoms in total. The van der Waals surface area contributed by atoms with Crippen LogP contribution in [0.15, 0.2) is 22.7 Å². The highest BCUT2D eigenvalue weighted by Crippen LogP contribution is 2.43. The number of rotatable bonds is 5. The van der Waals surface area contributed by atoms with E-state index in [1.807, 2.05) is 45.9 Å². The number of carbonyl (C=O) groups excluding carboxylic acids is 1. The highest BCUT2D eigenvalue weighted by molar-refractivity contribution is 9.10. The maximum atomic E-state index is 12.0. The molecule has 1 aromatic carbocycles. The molecule has 1 saturated heterocycles. The van der Waals surface area contributed by atoms with Gasteiger partial charge in [-0.2, -0.15) is 0 Å². The third-order valence-corrected chi connectivity index (χ3v) is 5.54. The molecule has 1 fully saturated rings. The Balaban J connectivity index is 2.42. The summed E-state index contributed by atoms with van der Waals surface area (Å²) in [7, 11) is 2.43. The van der Waals surface area contributed by atoms with Crippen LogP contribution in [0.1, 0.15) is 45.5 Å². The van der Waals surface area contributed by atoms with Crippen molar-refractivity contribution in [1.82, 2.24) is 0 Å². The summed E-state index contributed by atoms with van der Waals surface area (Å²) in [5.41, 5.74) is -0.0624. The van der Waals surface area contributed by atoms with Crippen molar-refractivity contribution >= 4 is 29.0 Å². The van der Waals surface area contributed by atoms with Gasteiger partial charge in [-0.3, -0.25) is 4.79 Å². The second kappa shape index (κ2) is 7.06. The van der Waals surface area contributed by atoms with Crippen molar-refractivity contribution in [3.63, 3.8) is 0 Å². The Morgan fingerprint density at radius 2 is 1.79 bits per heavy atom. The van der Waals surface area contributed by atoms with Crippen molar-refractivity contribution in [2.45, 2.75) is 51.1 Å². The lowest BCUT2D eigenvalue weighted by molar-refractivity contribution is -0.140. The standard InChI is InChI=1S/C17H24BBrO5/c1-16(2)17(3,4)24-18(23-16)13(10-15(20)22-6)12-9-11(21-5)7-8-14(12)19/h7-9,13H,10H2,1-6H3. The molecule has 0 amide bonds. The molecular formula is C17H24BBrO5. The van der Waals surface area contributed by atoms with Gasteiger partial charge in [0.15, 0.2) is 0 Å².